The highest BCUT2D eigenvalue weighted by Crippen LogP contribution is 2.02. The fourth-order valence-corrected chi connectivity index (χ4v) is 1.79. The Bertz CT molecular complexity index is 428. The second-order valence-electron chi connectivity index (χ2n) is 5.20. The summed E-state index contributed by atoms with van der Waals surface area (Å²) in [6, 6.07) is 0. The van der Waals surface area contributed by atoms with Gasteiger partial charge in [0.25, 0.3) is 0 Å². The molecule has 0 aliphatic heterocycles. The van der Waals surface area contributed by atoms with Gasteiger partial charge in [-0.2, -0.15) is 0 Å². The monoisotopic (exact) mass is 318 g/mol. The van der Waals surface area contributed by atoms with Gasteiger partial charge in [-0.25, -0.2) is 0 Å². The van der Waals surface area contributed by atoms with E-state index in [4.69, 9.17) is 5.11 Å². The van der Waals surface area contributed by atoms with Gasteiger partial charge in [0.05, 0.1) is 6.10 Å². The molecule has 0 saturated heterocycles. The molecule has 0 aliphatic rings. The second-order valence-corrected chi connectivity index (χ2v) is 5.20. The van der Waals surface area contributed by atoms with Crippen LogP contribution in [0.4, 0.5) is 0 Å². The van der Waals surface area contributed by atoms with E-state index in [1.54, 1.807) is 12.2 Å². The molecule has 0 amide bonds. The number of hydrogen-bond donors (Lipinski definition) is 2. The SMILES string of the molecule is CC/C=C/C/C=C/C/C=C/C/C=C/C=C/[C@@H](O)CCCC(=O)O. The number of carbonyl (C=O) groups is 1. The van der Waals surface area contributed by atoms with E-state index >= 15 is 0 Å². The fraction of sp³-hybridized carbons (Fsp3) is 0.450. The third-order valence-corrected chi connectivity index (χ3v) is 3.02. The van der Waals surface area contributed by atoms with E-state index in [1.807, 2.05) is 12.2 Å². The van der Waals surface area contributed by atoms with Gasteiger partial charge in [-0.15, -0.1) is 0 Å². The van der Waals surface area contributed by atoms with Gasteiger partial charge in [-0.05, 0) is 38.5 Å². The molecule has 0 fully saturated rings. The zero-order valence-electron chi connectivity index (χ0n) is 14.1. The Morgan fingerprint density at radius 1 is 0.913 bits per heavy atom. The van der Waals surface area contributed by atoms with E-state index in [9.17, 15) is 9.90 Å². The number of rotatable bonds is 13. The van der Waals surface area contributed by atoms with Crippen molar-refractivity contribution in [3.63, 3.8) is 0 Å². The Kier molecular flexibility index (Phi) is 15.2. The van der Waals surface area contributed by atoms with E-state index in [0.29, 0.717) is 12.8 Å². The summed E-state index contributed by atoms with van der Waals surface area (Å²) >= 11 is 0. The van der Waals surface area contributed by atoms with Crippen LogP contribution in [0.2, 0.25) is 0 Å². The lowest BCUT2D eigenvalue weighted by Crippen LogP contribution is -2.03. The lowest BCUT2D eigenvalue weighted by molar-refractivity contribution is -0.137. The minimum absolute atomic E-state index is 0.106. The smallest absolute Gasteiger partial charge is 0.303 e. The summed E-state index contributed by atoms with van der Waals surface area (Å²) in [4.78, 5) is 10.3. The van der Waals surface area contributed by atoms with E-state index in [1.165, 1.54) is 0 Å². The molecule has 0 aromatic rings. The Morgan fingerprint density at radius 3 is 2.04 bits per heavy atom. The second kappa shape index (κ2) is 16.5. The van der Waals surface area contributed by atoms with Crippen LogP contribution >= 0.6 is 0 Å². The molecule has 3 nitrogen and oxygen atoms in total. The summed E-state index contributed by atoms with van der Waals surface area (Å²) < 4.78 is 0. The molecule has 0 radical (unpaired) electrons. The van der Waals surface area contributed by atoms with Gasteiger partial charge in [0.2, 0.25) is 0 Å². The lowest BCUT2D eigenvalue weighted by Gasteiger charge is -2.02. The molecular weight excluding hydrogens is 288 g/mol. The molecule has 0 aromatic heterocycles. The quantitative estimate of drug-likeness (QED) is 0.372. The lowest BCUT2D eigenvalue weighted by atomic mass is 10.1. The van der Waals surface area contributed by atoms with Crippen LogP contribution in [0.5, 0.6) is 0 Å². The first-order valence-corrected chi connectivity index (χ1v) is 8.35. The molecule has 0 aliphatic carbocycles. The van der Waals surface area contributed by atoms with Crippen molar-refractivity contribution in [1.29, 1.82) is 0 Å². The number of hydrogen-bond acceptors (Lipinski definition) is 2. The van der Waals surface area contributed by atoms with Gasteiger partial charge in [0.1, 0.15) is 0 Å². The molecule has 128 valence electrons. The molecule has 0 unspecified atom stereocenters. The van der Waals surface area contributed by atoms with Crippen LogP contribution in [-0.4, -0.2) is 22.3 Å². The maximum absolute atomic E-state index is 10.3. The average Bonchev–Trinajstić information content (AvgIpc) is 2.51. The molecule has 1 atom stereocenters. The number of aliphatic hydroxyl groups is 1. The Labute approximate surface area is 140 Å². The molecular formula is C20H30O3. The first-order chi connectivity index (χ1) is 11.2. The fourth-order valence-electron chi connectivity index (χ4n) is 1.79. The van der Waals surface area contributed by atoms with Crippen molar-refractivity contribution in [2.75, 3.05) is 0 Å². The third kappa shape index (κ3) is 18.1. The van der Waals surface area contributed by atoms with Crippen molar-refractivity contribution >= 4 is 5.97 Å². The molecule has 0 aromatic carbocycles. The summed E-state index contributed by atoms with van der Waals surface area (Å²) in [6.45, 7) is 2.13. The van der Waals surface area contributed by atoms with E-state index in [-0.39, 0.29) is 6.42 Å². The molecule has 0 bridgehead atoms. The molecule has 0 heterocycles. The van der Waals surface area contributed by atoms with Crippen molar-refractivity contribution < 1.29 is 15.0 Å². The van der Waals surface area contributed by atoms with E-state index < -0.39 is 12.1 Å². The molecule has 0 spiro atoms. The van der Waals surface area contributed by atoms with Gasteiger partial charge in [-0.3, -0.25) is 4.79 Å². The molecule has 2 N–H and O–H groups in total. The molecule has 0 saturated carbocycles. The summed E-state index contributed by atoms with van der Waals surface area (Å²) in [5.41, 5.74) is 0. The minimum atomic E-state index is -0.819. The minimum Gasteiger partial charge on any atom is -0.481 e. The number of aliphatic carboxylic acids is 1. The highest BCUT2D eigenvalue weighted by atomic mass is 16.4. The van der Waals surface area contributed by atoms with Crippen molar-refractivity contribution in [3.05, 3.63) is 60.8 Å². The molecule has 3 heteroatoms. The highest BCUT2D eigenvalue weighted by molar-refractivity contribution is 5.66. The van der Waals surface area contributed by atoms with Crippen LogP contribution in [0.3, 0.4) is 0 Å². The van der Waals surface area contributed by atoms with E-state index in [0.717, 1.165) is 25.7 Å². The van der Waals surface area contributed by atoms with E-state index in [2.05, 4.69) is 43.4 Å². The topological polar surface area (TPSA) is 57.5 Å². The predicted molar refractivity (Wildman–Crippen MR) is 97.3 cm³/mol. The van der Waals surface area contributed by atoms with Crippen LogP contribution in [0, 0.1) is 0 Å². The normalized spacial score (nSPS) is 14.2. The Hall–Kier alpha value is -1.87. The Morgan fingerprint density at radius 2 is 1.48 bits per heavy atom. The largest absolute Gasteiger partial charge is 0.481 e. The Balaban J connectivity index is 3.65. The van der Waals surface area contributed by atoms with Crippen molar-refractivity contribution in [3.8, 4) is 0 Å². The first kappa shape index (κ1) is 21.1. The zero-order chi connectivity index (χ0) is 17.2. The van der Waals surface area contributed by atoms with Gasteiger partial charge < -0.3 is 10.2 Å². The van der Waals surface area contributed by atoms with Gasteiger partial charge in [0.15, 0.2) is 0 Å². The molecule has 0 rings (SSSR count). The maximum atomic E-state index is 10.3. The van der Waals surface area contributed by atoms with Gasteiger partial charge in [-0.1, -0.05) is 67.7 Å². The van der Waals surface area contributed by atoms with Crippen molar-refractivity contribution in [1.82, 2.24) is 0 Å². The predicted octanol–water partition coefficient (Wildman–Crippen LogP) is 4.96. The standard InChI is InChI=1S/C20H30O3/c1-2-3-4-5-6-7-8-9-10-11-12-13-14-16-19(21)17-15-18-20(22)23/h3-4,6-7,9-10,12-14,16,19,21H,2,5,8,11,15,17-18H2,1H3,(H,22,23)/b4-3+,7-6+,10-9+,13-12+,16-14+/t19-/m1/s1. The zero-order valence-corrected chi connectivity index (χ0v) is 14.1. The maximum Gasteiger partial charge on any atom is 0.303 e. The van der Waals surface area contributed by atoms with Crippen LogP contribution in [-0.2, 0) is 4.79 Å². The van der Waals surface area contributed by atoms with Crippen LogP contribution in [0.15, 0.2) is 60.8 Å². The van der Waals surface area contributed by atoms with Crippen molar-refractivity contribution in [2.45, 2.75) is 58.0 Å². The highest BCUT2D eigenvalue weighted by Gasteiger charge is 2.01. The number of carboxylic acids is 1. The number of aliphatic hydroxyl groups excluding tert-OH is 1. The summed E-state index contributed by atoms with van der Waals surface area (Å²) in [6.07, 6.45) is 24.7. The van der Waals surface area contributed by atoms with Crippen LogP contribution < -0.4 is 0 Å². The number of allylic oxidation sites excluding steroid dienone is 9. The number of carboxylic acid groups (broad SMARTS) is 1. The summed E-state index contributed by atoms with van der Waals surface area (Å²) in [7, 11) is 0. The third-order valence-electron chi connectivity index (χ3n) is 3.02. The first-order valence-electron chi connectivity index (χ1n) is 8.35. The van der Waals surface area contributed by atoms with Crippen LogP contribution in [0.1, 0.15) is 51.9 Å². The summed E-state index contributed by atoms with van der Waals surface area (Å²) in [5, 5.41) is 18.1. The average molecular weight is 318 g/mol. The summed E-state index contributed by atoms with van der Waals surface area (Å²) in [5.74, 6) is -0.819. The van der Waals surface area contributed by atoms with Gasteiger partial charge in [0, 0.05) is 6.42 Å². The van der Waals surface area contributed by atoms with Crippen LogP contribution in [0.25, 0.3) is 0 Å². The van der Waals surface area contributed by atoms with Crippen molar-refractivity contribution in [2.24, 2.45) is 0 Å². The molecule has 23 heavy (non-hydrogen) atoms. The van der Waals surface area contributed by atoms with Gasteiger partial charge >= 0.3 is 5.97 Å².